The Balaban J connectivity index is 3.73. The minimum absolute atomic E-state index is 0.409. The molecule has 4 unspecified atom stereocenters. The van der Waals surface area contributed by atoms with Crippen LogP contribution in [0.5, 0.6) is 0 Å². The first-order valence-corrected chi connectivity index (χ1v) is 21.8. The second-order valence-electron chi connectivity index (χ2n) is 15.4. The van der Waals surface area contributed by atoms with Gasteiger partial charge in [0.05, 0.1) is 12.2 Å². The van der Waals surface area contributed by atoms with E-state index in [4.69, 9.17) is 4.74 Å². The summed E-state index contributed by atoms with van der Waals surface area (Å²) in [4.78, 5) is 0. The van der Waals surface area contributed by atoms with Gasteiger partial charge in [0.25, 0.3) is 0 Å². The first-order chi connectivity index (χ1) is 22.1. The Morgan fingerprint density at radius 3 is 0.689 bits per heavy atom. The van der Waals surface area contributed by atoms with Crippen molar-refractivity contribution < 1.29 is 4.74 Å². The zero-order chi connectivity index (χ0) is 33.1. The van der Waals surface area contributed by atoms with Crippen LogP contribution in [0, 0.1) is 11.8 Å². The van der Waals surface area contributed by atoms with Gasteiger partial charge in [-0.1, -0.05) is 233 Å². The van der Waals surface area contributed by atoms with Gasteiger partial charge in [0.1, 0.15) is 0 Å². The normalized spacial score (nSPS) is 14.5. The summed E-state index contributed by atoms with van der Waals surface area (Å²) in [6, 6.07) is 0. The number of rotatable bonds is 38. The summed E-state index contributed by atoms with van der Waals surface area (Å²) < 4.78 is 6.71. The molecule has 0 spiro atoms. The van der Waals surface area contributed by atoms with Crippen molar-refractivity contribution in [2.24, 2.45) is 11.8 Å². The minimum atomic E-state index is 0.409. The topological polar surface area (TPSA) is 9.23 Å². The van der Waals surface area contributed by atoms with Crippen molar-refractivity contribution in [2.45, 2.75) is 272 Å². The predicted octanol–water partition coefficient (Wildman–Crippen LogP) is 16.4. The van der Waals surface area contributed by atoms with E-state index in [0.29, 0.717) is 12.2 Å². The summed E-state index contributed by atoms with van der Waals surface area (Å²) in [5, 5.41) is 0. The minimum Gasteiger partial charge on any atom is -0.375 e. The van der Waals surface area contributed by atoms with Crippen molar-refractivity contribution in [3.63, 3.8) is 0 Å². The lowest BCUT2D eigenvalue weighted by Gasteiger charge is -2.30. The first-order valence-electron chi connectivity index (χ1n) is 21.8. The van der Waals surface area contributed by atoms with Crippen LogP contribution in [0.4, 0.5) is 0 Å². The third-order valence-corrected chi connectivity index (χ3v) is 11.2. The molecular weight excluding hydrogens is 544 g/mol. The van der Waals surface area contributed by atoms with Gasteiger partial charge in [-0.15, -0.1) is 0 Å². The second kappa shape index (κ2) is 36.8. The Morgan fingerprint density at radius 2 is 0.489 bits per heavy atom. The lowest BCUT2D eigenvalue weighted by atomic mass is 9.91. The number of hydrogen-bond donors (Lipinski definition) is 0. The maximum atomic E-state index is 6.71. The van der Waals surface area contributed by atoms with Crippen LogP contribution in [0.3, 0.4) is 0 Å². The molecule has 0 bridgehead atoms. The highest BCUT2D eigenvalue weighted by Crippen LogP contribution is 2.27. The van der Waals surface area contributed by atoms with Crippen LogP contribution in [0.15, 0.2) is 0 Å². The van der Waals surface area contributed by atoms with Gasteiger partial charge in [0.15, 0.2) is 0 Å². The fourth-order valence-electron chi connectivity index (χ4n) is 7.66. The van der Waals surface area contributed by atoms with Gasteiger partial charge >= 0.3 is 0 Å². The standard InChI is InChI=1S/C44H90O/c1-7-11-13-15-17-19-21-23-25-27-29-31-33-35-37-39-43(9-3)41(5)45-42(6)44(10-4)40-38-36-34-32-30-28-26-24-22-20-18-16-14-12-8-2/h41-44H,7-40H2,1-6H3. The third kappa shape index (κ3) is 31.0. The van der Waals surface area contributed by atoms with Crippen molar-refractivity contribution in [3.05, 3.63) is 0 Å². The van der Waals surface area contributed by atoms with E-state index in [-0.39, 0.29) is 0 Å². The molecule has 0 saturated carbocycles. The molecular formula is C44H90O. The van der Waals surface area contributed by atoms with E-state index in [1.54, 1.807) is 0 Å². The highest BCUT2D eigenvalue weighted by Gasteiger charge is 2.22. The van der Waals surface area contributed by atoms with Crippen LogP contribution < -0.4 is 0 Å². The van der Waals surface area contributed by atoms with Crippen molar-refractivity contribution in [3.8, 4) is 0 Å². The summed E-state index contributed by atoms with van der Waals surface area (Å²) in [7, 11) is 0. The van der Waals surface area contributed by atoms with Crippen LogP contribution in [-0.2, 0) is 4.74 Å². The highest BCUT2D eigenvalue weighted by molar-refractivity contribution is 4.71. The van der Waals surface area contributed by atoms with Crippen LogP contribution in [-0.4, -0.2) is 12.2 Å². The molecule has 0 aliphatic rings. The van der Waals surface area contributed by atoms with E-state index in [1.165, 1.54) is 218 Å². The smallest absolute Gasteiger partial charge is 0.0578 e. The van der Waals surface area contributed by atoms with E-state index in [1.807, 2.05) is 0 Å². The molecule has 1 nitrogen and oxygen atoms in total. The Hall–Kier alpha value is -0.0400. The van der Waals surface area contributed by atoms with Crippen molar-refractivity contribution in [1.82, 2.24) is 0 Å². The maximum absolute atomic E-state index is 6.71. The summed E-state index contributed by atoms with van der Waals surface area (Å²) in [5.74, 6) is 1.47. The molecule has 0 aromatic rings. The molecule has 1 heteroatoms. The van der Waals surface area contributed by atoms with E-state index in [0.717, 1.165) is 11.8 Å². The molecule has 0 radical (unpaired) electrons. The maximum Gasteiger partial charge on any atom is 0.0578 e. The zero-order valence-electron chi connectivity index (χ0n) is 32.8. The second-order valence-corrected chi connectivity index (χ2v) is 15.4. The van der Waals surface area contributed by atoms with Gasteiger partial charge in [0, 0.05) is 0 Å². The highest BCUT2D eigenvalue weighted by atomic mass is 16.5. The summed E-state index contributed by atoms with van der Waals surface area (Å²) in [5.41, 5.74) is 0. The Kier molecular flexibility index (Phi) is 36.8. The van der Waals surface area contributed by atoms with Gasteiger partial charge < -0.3 is 4.74 Å². The van der Waals surface area contributed by atoms with Gasteiger partial charge in [-0.25, -0.2) is 0 Å². The molecule has 0 aliphatic heterocycles. The van der Waals surface area contributed by atoms with Crippen LogP contribution in [0.2, 0.25) is 0 Å². The van der Waals surface area contributed by atoms with Gasteiger partial charge in [-0.3, -0.25) is 0 Å². The van der Waals surface area contributed by atoms with E-state index in [2.05, 4.69) is 41.5 Å². The van der Waals surface area contributed by atoms with E-state index < -0.39 is 0 Å². The predicted molar refractivity (Wildman–Crippen MR) is 207 cm³/mol. The average molecular weight is 635 g/mol. The molecule has 0 aromatic carbocycles. The molecule has 0 N–H and O–H groups in total. The fraction of sp³-hybridized carbons (Fsp3) is 1.00. The number of unbranched alkanes of at least 4 members (excludes halogenated alkanes) is 28. The van der Waals surface area contributed by atoms with Gasteiger partial charge in [-0.2, -0.15) is 0 Å². The Labute approximate surface area is 288 Å². The fourth-order valence-corrected chi connectivity index (χ4v) is 7.66. The molecule has 4 atom stereocenters. The molecule has 0 aromatic heterocycles. The van der Waals surface area contributed by atoms with Crippen molar-refractivity contribution in [2.75, 3.05) is 0 Å². The SMILES string of the molecule is CCCCCCCCCCCCCCCCCC(CC)C(C)OC(C)C(CC)CCCCCCCCCCCCCCCCC. The molecule has 45 heavy (non-hydrogen) atoms. The Morgan fingerprint density at radius 1 is 0.289 bits per heavy atom. The molecule has 0 saturated heterocycles. The molecule has 0 rings (SSSR count). The van der Waals surface area contributed by atoms with E-state index >= 15 is 0 Å². The number of hydrogen-bond acceptors (Lipinski definition) is 1. The lowest BCUT2D eigenvalue weighted by molar-refractivity contribution is -0.0558. The molecule has 0 aliphatic carbocycles. The number of ether oxygens (including phenoxy) is 1. The Bertz CT molecular complexity index is 483. The third-order valence-electron chi connectivity index (χ3n) is 11.2. The quantitative estimate of drug-likeness (QED) is 0.0614. The molecule has 0 fully saturated rings. The largest absolute Gasteiger partial charge is 0.375 e. The molecule has 0 amide bonds. The van der Waals surface area contributed by atoms with Gasteiger partial charge in [0.2, 0.25) is 0 Å². The summed E-state index contributed by atoms with van der Waals surface area (Å²) >= 11 is 0. The van der Waals surface area contributed by atoms with Gasteiger partial charge in [-0.05, 0) is 38.5 Å². The first kappa shape index (κ1) is 45.0. The van der Waals surface area contributed by atoms with E-state index in [9.17, 15) is 0 Å². The van der Waals surface area contributed by atoms with Crippen molar-refractivity contribution >= 4 is 0 Å². The van der Waals surface area contributed by atoms with Crippen LogP contribution >= 0.6 is 0 Å². The molecule has 0 heterocycles. The average Bonchev–Trinajstić information content (AvgIpc) is 3.04. The van der Waals surface area contributed by atoms with Crippen molar-refractivity contribution in [1.29, 1.82) is 0 Å². The molecule has 272 valence electrons. The zero-order valence-corrected chi connectivity index (χ0v) is 32.8. The summed E-state index contributed by atoms with van der Waals surface area (Å²) in [6.45, 7) is 14.1. The lowest BCUT2D eigenvalue weighted by Crippen LogP contribution is -2.29. The summed E-state index contributed by atoms with van der Waals surface area (Å²) in [6.07, 6.45) is 49.5. The van der Waals surface area contributed by atoms with Crippen LogP contribution in [0.1, 0.15) is 260 Å². The van der Waals surface area contributed by atoms with Crippen LogP contribution in [0.25, 0.3) is 0 Å². The monoisotopic (exact) mass is 635 g/mol.